The number of para-hydroxylation sites is 1. The zero-order chi connectivity index (χ0) is 16.2. The van der Waals surface area contributed by atoms with Gasteiger partial charge in [-0.2, -0.15) is 5.10 Å². The molecule has 4 nitrogen and oxygen atoms in total. The lowest BCUT2D eigenvalue weighted by atomic mass is 10.1. The van der Waals surface area contributed by atoms with Gasteiger partial charge >= 0.3 is 0 Å². The maximum absolute atomic E-state index is 5.28. The molecule has 0 spiro atoms. The zero-order valence-electron chi connectivity index (χ0n) is 13.1. The Morgan fingerprint density at radius 2 is 2.00 bits per heavy atom. The largest absolute Gasteiger partial charge is 0.361 e. The number of hydrazone groups is 1. The molecule has 0 aliphatic heterocycles. The van der Waals surface area contributed by atoms with E-state index in [1.807, 2.05) is 43.5 Å². The molecule has 0 aliphatic carbocycles. The van der Waals surface area contributed by atoms with Crippen molar-refractivity contribution in [2.75, 3.05) is 5.32 Å². The standard InChI is InChI=1S/C18H18N4S/c1-12-7-8-16(13(2)9-12)21-18(23)22-20-11-14-10-19-17-6-4-3-5-15(14)17/h3-11,19H,1-2H3,(H2,21,22,23). The minimum Gasteiger partial charge on any atom is -0.361 e. The second-order valence-electron chi connectivity index (χ2n) is 5.43. The highest BCUT2D eigenvalue weighted by Gasteiger charge is 2.01. The van der Waals surface area contributed by atoms with Crippen LogP contribution in [0.4, 0.5) is 5.69 Å². The summed E-state index contributed by atoms with van der Waals surface area (Å²) >= 11 is 5.28. The van der Waals surface area contributed by atoms with E-state index in [1.165, 1.54) is 5.56 Å². The van der Waals surface area contributed by atoms with Gasteiger partial charge in [0.2, 0.25) is 0 Å². The van der Waals surface area contributed by atoms with Crippen LogP contribution >= 0.6 is 12.2 Å². The number of hydrogen-bond donors (Lipinski definition) is 3. The molecule has 0 bridgehead atoms. The van der Waals surface area contributed by atoms with Crippen LogP contribution in [-0.2, 0) is 0 Å². The van der Waals surface area contributed by atoms with E-state index in [4.69, 9.17) is 12.2 Å². The van der Waals surface area contributed by atoms with Crippen LogP contribution in [0.25, 0.3) is 10.9 Å². The molecule has 3 N–H and O–H groups in total. The summed E-state index contributed by atoms with van der Waals surface area (Å²) in [5.41, 5.74) is 8.31. The topological polar surface area (TPSA) is 52.2 Å². The molecular formula is C18H18N4S. The van der Waals surface area contributed by atoms with Crippen molar-refractivity contribution in [1.29, 1.82) is 0 Å². The average molecular weight is 322 g/mol. The van der Waals surface area contributed by atoms with E-state index < -0.39 is 0 Å². The van der Waals surface area contributed by atoms with Crippen LogP contribution in [-0.4, -0.2) is 16.3 Å². The summed E-state index contributed by atoms with van der Waals surface area (Å²) in [5, 5.41) is 8.96. The number of H-pyrrole nitrogens is 1. The average Bonchev–Trinajstić information content (AvgIpc) is 2.94. The molecule has 0 aliphatic rings. The lowest BCUT2D eigenvalue weighted by Crippen LogP contribution is -2.24. The fraction of sp³-hybridized carbons (Fsp3) is 0.111. The molecule has 3 rings (SSSR count). The van der Waals surface area contributed by atoms with E-state index in [0.717, 1.165) is 27.7 Å². The molecule has 116 valence electrons. The van der Waals surface area contributed by atoms with Crippen LogP contribution in [0.1, 0.15) is 16.7 Å². The van der Waals surface area contributed by atoms with Crippen LogP contribution in [0.2, 0.25) is 0 Å². The summed E-state index contributed by atoms with van der Waals surface area (Å²) in [4.78, 5) is 3.21. The first-order valence-electron chi connectivity index (χ1n) is 7.37. The Balaban J connectivity index is 1.64. The summed E-state index contributed by atoms with van der Waals surface area (Å²) in [6, 6.07) is 14.3. The molecule has 2 aromatic carbocycles. The molecule has 0 atom stereocenters. The van der Waals surface area contributed by atoms with Crippen LogP contribution in [0, 0.1) is 13.8 Å². The van der Waals surface area contributed by atoms with Crippen LogP contribution in [0.5, 0.6) is 0 Å². The van der Waals surface area contributed by atoms with Gasteiger partial charge in [-0.3, -0.25) is 5.43 Å². The molecule has 0 saturated heterocycles. The van der Waals surface area contributed by atoms with Gasteiger partial charge in [-0.1, -0.05) is 35.9 Å². The summed E-state index contributed by atoms with van der Waals surface area (Å²) in [6.07, 6.45) is 3.69. The van der Waals surface area contributed by atoms with Crippen molar-refractivity contribution < 1.29 is 0 Å². The van der Waals surface area contributed by atoms with Gasteiger partial charge in [-0.05, 0) is 43.8 Å². The molecular weight excluding hydrogens is 304 g/mol. The van der Waals surface area contributed by atoms with Gasteiger partial charge in [0, 0.05) is 28.4 Å². The van der Waals surface area contributed by atoms with Crippen LogP contribution in [0.3, 0.4) is 0 Å². The summed E-state index contributed by atoms with van der Waals surface area (Å²) in [5.74, 6) is 0. The van der Waals surface area contributed by atoms with Gasteiger partial charge in [0.15, 0.2) is 5.11 Å². The molecule has 0 unspecified atom stereocenters. The van der Waals surface area contributed by atoms with Gasteiger partial charge in [-0.15, -0.1) is 0 Å². The Morgan fingerprint density at radius 1 is 1.17 bits per heavy atom. The zero-order valence-corrected chi connectivity index (χ0v) is 13.9. The summed E-state index contributed by atoms with van der Waals surface area (Å²) in [6.45, 7) is 4.12. The number of nitrogens with one attached hydrogen (secondary N) is 3. The lowest BCUT2D eigenvalue weighted by Gasteiger charge is -2.10. The SMILES string of the molecule is Cc1ccc(NC(=S)NN=Cc2c[nH]c3ccccc23)c(C)c1. The lowest BCUT2D eigenvalue weighted by molar-refractivity contribution is 1.05. The van der Waals surface area contributed by atoms with E-state index in [-0.39, 0.29) is 0 Å². The van der Waals surface area contributed by atoms with Crippen molar-refractivity contribution >= 4 is 40.1 Å². The normalized spacial score (nSPS) is 11.0. The number of nitrogens with zero attached hydrogens (tertiary/aromatic N) is 1. The number of aryl methyl sites for hydroxylation is 2. The Hall–Kier alpha value is -2.66. The van der Waals surface area contributed by atoms with Crippen molar-refractivity contribution in [2.45, 2.75) is 13.8 Å². The molecule has 5 heteroatoms. The second-order valence-corrected chi connectivity index (χ2v) is 5.84. The molecule has 0 amide bonds. The summed E-state index contributed by atoms with van der Waals surface area (Å²) in [7, 11) is 0. The first-order valence-corrected chi connectivity index (χ1v) is 7.78. The Morgan fingerprint density at radius 3 is 2.83 bits per heavy atom. The van der Waals surface area contributed by atoms with Crippen molar-refractivity contribution in [3.05, 3.63) is 65.4 Å². The highest BCUT2D eigenvalue weighted by molar-refractivity contribution is 7.80. The smallest absolute Gasteiger partial charge is 0.191 e. The Bertz CT molecular complexity index is 880. The predicted molar refractivity (Wildman–Crippen MR) is 101 cm³/mol. The van der Waals surface area contributed by atoms with E-state index in [0.29, 0.717) is 5.11 Å². The van der Waals surface area contributed by atoms with E-state index in [9.17, 15) is 0 Å². The fourth-order valence-corrected chi connectivity index (χ4v) is 2.63. The fourth-order valence-electron chi connectivity index (χ4n) is 2.47. The molecule has 0 saturated carbocycles. The Kier molecular flexibility index (Phi) is 4.39. The van der Waals surface area contributed by atoms with Crippen molar-refractivity contribution in [3.63, 3.8) is 0 Å². The van der Waals surface area contributed by atoms with Crippen LogP contribution in [0.15, 0.2) is 53.8 Å². The minimum absolute atomic E-state index is 0.466. The summed E-state index contributed by atoms with van der Waals surface area (Å²) < 4.78 is 0. The van der Waals surface area contributed by atoms with Crippen molar-refractivity contribution in [2.24, 2.45) is 5.10 Å². The van der Waals surface area contributed by atoms with Crippen LogP contribution < -0.4 is 10.7 Å². The van der Waals surface area contributed by atoms with Gasteiger partial charge in [0.25, 0.3) is 0 Å². The molecule has 0 fully saturated rings. The van der Waals surface area contributed by atoms with Gasteiger partial charge in [-0.25, -0.2) is 0 Å². The molecule has 23 heavy (non-hydrogen) atoms. The number of aromatic amines is 1. The highest BCUT2D eigenvalue weighted by Crippen LogP contribution is 2.16. The first kappa shape index (κ1) is 15.2. The predicted octanol–water partition coefficient (Wildman–Crippen LogP) is 4.11. The number of anilines is 1. The molecule has 1 aromatic heterocycles. The number of fused-ring (bicyclic) bond motifs is 1. The van der Waals surface area contributed by atoms with Gasteiger partial charge in [0.05, 0.1) is 6.21 Å². The number of rotatable bonds is 3. The van der Waals surface area contributed by atoms with Crippen molar-refractivity contribution in [1.82, 2.24) is 10.4 Å². The van der Waals surface area contributed by atoms with E-state index >= 15 is 0 Å². The van der Waals surface area contributed by atoms with Gasteiger partial charge in [0.1, 0.15) is 0 Å². The van der Waals surface area contributed by atoms with Gasteiger partial charge < -0.3 is 10.3 Å². The minimum atomic E-state index is 0.466. The number of benzene rings is 2. The quantitative estimate of drug-likeness (QED) is 0.386. The molecule has 0 radical (unpaired) electrons. The monoisotopic (exact) mass is 322 g/mol. The maximum atomic E-state index is 5.28. The van der Waals surface area contributed by atoms with Crippen molar-refractivity contribution in [3.8, 4) is 0 Å². The Labute approximate surface area is 140 Å². The molecule has 3 aromatic rings. The first-order chi connectivity index (χ1) is 11.1. The second kappa shape index (κ2) is 6.62. The highest BCUT2D eigenvalue weighted by atomic mass is 32.1. The third-order valence-corrected chi connectivity index (χ3v) is 3.81. The maximum Gasteiger partial charge on any atom is 0.191 e. The third kappa shape index (κ3) is 3.57. The van der Waals surface area contributed by atoms with E-state index in [2.05, 4.69) is 39.9 Å². The third-order valence-electron chi connectivity index (χ3n) is 3.62. The number of hydrogen-bond acceptors (Lipinski definition) is 2. The van der Waals surface area contributed by atoms with E-state index in [1.54, 1.807) is 6.21 Å². The molecule has 1 heterocycles. The number of thiocarbonyl (C=S) groups is 1. The number of aromatic nitrogens is 1.